The molecule has 2 atom stereocenters. The van der Waals surface area contributed by atoms with Crippen LogP contribution in [0.3, 0.4) is 0 Å². The van der Waals surface area contributed by atoms with Crippen LogP contribution in [0.15, 0.2) is 42.5 Å². The molecular formula is C18H20N2O2. The van der Waals surface area contributed by atoms with Crippen molar-refractivity contribution in [3.8, 4) is 11.5 Å². The minimum atomic E-state index is -0.0899. The average Bonchev–Trinajstić information content (AvgIpc) is 3.12. The topological polar surface area (TPSA) is 44.7 Å². The highest BCUT2D eigenvalue weighted by molar-refractivity contribution is 5.64. The molecule has 0 aliphatic carbocycles. The van der Waals surface area contributed by atoms with E-state index < -0.39 is 0 Å². The molecule has 0 bridgehead atoms. The maximum Gasteiger partial charge on any atom is 0.190 e. The maximum absolute atomic E-state index is 9.60. The summed E-state index contributed by atoms with van der Waals surface area (Å²) < 4.78 is 6.06. The zero-order valence-electron chi connectivity index (χ0n) is 12.6. The van der Waals surface area contributed by atoms with Gasteiger partial charge in [0, 0.05) is 18.3 Å². The number of para-hydroxylation sites is 1. The lowest BCUT2D eigenvalue weighted by Crippen LogP contribution is -2.47. The van der Waals surface area contributed by atoms with Crippen molar-refractivity contribution in [3.63, 3.8) is 0 Å². The Labute approximate surface area is 130 Å². The number of aromatic hydroxyl groups is 1. The van der Waals surface area contributed by atoms with Gasteiger partial charge >= 0.3 is 0 Å². The van der Waals surface area contributed by atoms with Crippen molar-refractivity contribution in [2.24, 2.45) is 0 Å². The van der Waals surface area contributed by atoms with Crippen molar-refractivity contribution in [1.29, 1.82) is 0 Å². The first-order chi connectivity index (χ1) is 10.8. The molecule has 2 heterocycles. The molecule has 2 aliphatic heterocycles. The van der Waals surface area contributed by atoms with E-state index in [0.29, 0.717) is 0 Å². The summed E-state index contributed by atoms with van der Waals surface area (Å²) in [5.74, 6) is 0.969. The summed E-state index contributed by atoms with van der Waals surface area (Å²) in [6.07, 6.45) is 1.99. The van der Waals surface area contributed by atoms with Crippen molar-refractivity contribution in [2.75, 3.05) is 16.8 Å². The molecule has 2 unspecified atom stereocenters. The van der Waals surface area contributed by atoms with E-state index in [1.165, 1.54) is 11.3 Å². The number of rotatable bonds is 3. The van der Waals surface area contributed by atoms with Crippen LogP contribution in [0.4, 0.5) is 11.4 Å². The summed E-state index contributed by atoms with van der Waals surface area (Å²) in [6.45, 7) is 3.22. The normalized spacial score (nSPS) is 20.0. The largest absolute Gasteiger partial charge is 0.508 e. The monoisotopic (exact) mass is 296 g/mol. The van der Waals surface area contributed by atoms with Crippen molar-refractivity contribution in [2.45, 2.75) is 32.0 Å². The molecule has 114 valence electrons. The number of hydrogen-bond acceptors (Lipinski definition) is 4. The zero-order chi connectivity index (χ0) is 15.1. The molecule has 2 aromatic carbocycles. The lowest BCUT2D eigenvalue weighted by Gasteiger charge is -2.33. The number of fused-ring (bicyclic) bond motifs is 2. The van der Waals surface area contributed by atoms with E-state index in [4.69, 9.17) is 4.74 Å². The van der Waals surface area contributed by atoms with E-state index in [1.807, 2.05) is 6.07 Å². The summed E-state index contributed by atoms with van der Waals surface area (Å²) in [6, 6.07) is 14.1. The lowest BCUT2D eigenvalue weighted by molar-refractivity contribution is 0.210. The Kier molecular flexibility index (Phi) is 3.10. The van der Waals surface area contributed by atoms with Crippen molar-refractivity contribution >= 4 is 11.4 Å². The fourth-order valence-electron chi connectivity index (χ4n) is 3.53. The number of hydrogen-bond donors (Lipinski definition) is 2. The van der Waals surface area contributed by atoms with E-state index in [0.717, 1.165) is 30.8 Å². The Balaban J connectivity index is 1.60. The van der Waals surface area contributed by atoms with E-state index in [2.05, 4.69) is 41.4 Å². The molecule has 0 spiro atoms. The van der Waals surface area contributed by atoms with Crippen molar-refractivity contribution < 1.29 is 9.84 Å². The highest BCUT2D eigenvalue weighted by Crippen LogP contribution is 2.38. The Morgan fingerprint density at radius 1 is 1.32 bits per heavy atom. The fraction of sp³-hybridized carbons (Fsp3) is 0.333. The third kappa shape index (κ3) is 2.06. The molecule has 0 aromatic heterocycles. The number of phenolic OH excluding ortho intramolecular Hbond substituents is 1. The molecule has 2 aliphatic rings. The van der Waals surface area contributed by atoms with Crippen LogP contribution in [-0.2, 0) is 6.42 Å². The van der Waals surface area contributed by atoms with E-state index in [-0.39, 0.29) is 18.0 Å². The Hall–Kier alpha value is -2.36. The summed E-state index contributed by atoms with van der Waals surface area (Å²) >= 11 is 0. The van der Waals surface area contributed by atoms with E-state index >= 15 is 0 Å². The van der Waals surface area contributed by atoms with Crippen molar-refractivity contribution in [1.82, 2.24) is 0 Å². The van der Waals surface area contributed by atoms with Crippen LogP contribution in [0, 0.1) is 0 Å². The molecule has 0 saturated carbocycles. The first-order valence-electron chi connectivity index (χ1n) is 7.87. The Morgan fingerprint density at radius 3 is 3.05 bits per heavy atom. The van der Waals surface area contributed by atoms with Gasteiger partial charge in [0.05, 0.1) is 11.7 Å². The van der Waals surface area contributed by atoms with E-state index in [9.17, 15) is 5.11 Å². The quantitative estimate of drug-likeness (QED) is 0.853. The van der Waals surface area contributed by atoms with Gasteiger partial charge in [-0.1, -0.05) is 25.1 Å². The fourth-order valence-corrected chi connectivity index (χ4v) is 3.53. The predicted octanol–water partition coefficient (Wildman–Crippen LogP) is 3.36. The SMILES string of the molecule is CCC(C1Nc2ccc(O)cc2O1)N1CCc2ccccc21. The highest BCUT2D eigenvalue weighted by Gasteiger charge is 2.35. The van der Waals surface area contributed by atoms with Gasteiger partial charge in [0.25, 0.3) is 0 Å². The van der Waals surface area contributed by atoms with Gasteiger partial charge in [0.15, 0.2) is 6.23 Å². The van der Waals surface area contributed by atoms with Gasteiger partial charge in [-0.2, -0.15) is 0 Å². The average molecular weight is 296 g/mol. The summed E-state index contributed by atoms with van der Waals surface area (Å²) in [7, 11) is 0. The summed E-state index contributed by atoms with van der Waals surface area (Å²) in [5, 5.41) is 13.0. The molecule has 2 aromatic rings. The van der Waals surface area contributed by atoms with E-state index in [1.54, 1.807) is 12.1 Å². The third-order valence-corrected chi connectivity index (χ3v) is 4.61. The predicted molar refractivity (Wildman–Crippen MR) is 87.7 cm³/mol. The molecule has 0 fully saturated rings. The second kappa shape index (κ2) is 5.13. The van der Waals surface area contributed by atoms with Crippen LogP contribution in [0.2, 0.25) is 0 Å². The molecule has 22 heavy (non-hydrogen) atoms. The van der Waals surface area contributed by atoms with Crippen LogP contribution in [0.5, 0.6) is 11.5 Å². The molecule has 2 N–H and O–H groups in total. The molecule has 4 heteroatoms. The van der Waals surface area contributed by atoms with Crippen LogP contribution in [0.25, 0.3) is 0 Å². The van der Waals surface area contributed by atoms with Gasteiger partial charge in [-0.25, -0.2) is 0 Å². The number of phenols is 1. The number of benzene rings is 2. The minimum Gasteiger partial charge on any atom is -0.508 e. The second-order valence-corrected chi connectivity index (χ2v) is 5.91. The smallest absolute Gasteiger partial charge is 0.190 e. The van der Waals surface area contributed by atoms with Crippen LogP contribution < -0.4 is 15.0 Å². The Bertz CT molecular complexity index is 701. The molecule has 4 rings (SSSR count). The standard InChI is InChI=1S/C18H20N2O2/c1-2-15(20-10-9-12-5-3-4-6-16(12)20)18-19-14-8-7-13(21)11-17(14)22-18/h3-8,11,15,18-19,21H,2,9-10H2,1H3. The van der Waals surface area contributed by atoms with Gasteiger partial charge in [-0.05, 0) is 36.6 Å². The summed E-state index contributed by atoms with van der Waals surface area (Å²) in [4.78, 5) is 2.44. The van der Waals surface area contributed by atoms with Gasteiger partial charge in [-0.15, -0.1) is 0 Å². The van der Waals surface area contributed by atoms with Gasteiger partial charge in [0.1, 0.15) is 11.5 Å². The zero-order valence-corrected chi connectivity index (χ0v) is 12.6. The molecule has 0 radical (unpaired) electrons. The van der Waals surface area contributed by atoms with Gasteiger partial charge in [0.2, 0.25) is 0 Å². The number of ether oxygens (including phenoxy) is 1. The second-order valence-electron chi connectivity index (χ2n) is 5.91. The molecule has 0 saturated heterocycles. The first kappa shape index (κ1) is 13.3. The van der Waals surface area contributed by atoms with Gasteiger partial charge in [-0.3, -0.25) is 0 Å². The number of nitrogens with one attached hydrogen (secondary N) is 1. The minimum absolute atomic E-state index is 0.0899. The number of nitrogens with zero attached hydrogens (tertiary/aromatic N) is 1. The van der Waals surface area contributed by atoms with Gasteiger partial charge < -0.3 is 20.1 Å². The molecule has 0 amide bonds. The molecular weight excluding hydrogens is 276 g/mol. The first-order valence-corrected chi connectivity index (χ1v) is 7.87. The van der Waals surface area contributed by atoms with Crippen molar-refractivity contribution in [3.05, 3.63) is 48.0 Å². The Morgan fingerprint density at radius 2 is 2.18 bits per heavy atom. The lowest BCUT2D eigenvalue weighted by atomic mass is 10.1. The number of anilines is 2. The van der Waals surface area contributed by atoms with Crippen LogP contribution in [-0.4, -0.2) is 23.9 Å². The van der Waals surface area contributed by atoms with Crippen LogP contribution in [0.1, 0.15) is 18.9 Å². The molecule has 4 nitrogen and oxygen atoms in total. The maximum atomic E-state index is 9.60. The van der Waals surface area contributed by atoms with Crippen LogP contribution >= 0.6 is 0 Å². The summed E-state index contributed by atoms with van der Waals surface area (Å²) in [5.41, 5.74) is 3.68. The highest BCUT2D eigenvalue weighted by atomic mass is 16.5. The third-order valence-electron chi connectivity index (χ3n) is 4.61.